The maximum atomic E-state index is 12.1. The zero-order chi connectivity index (χ0) is 16.3. The van der Waals surface area contributed by atoms with E-state index in [1.807, 2.05) is 0 Å². The smallest absolute Gasteiger partial charge is 0.408 e. The van der Waals surface area contributed by atoms with Crippen molar-refractivity contribution in [3.63, 3.8) is 0 Å². The van der Waals surface area contributed by atoms with E-state index in [1.165, 1.54) is 4.57 Å². The van der Waals surface area contributed by atoms with Gasteiger partial charge in [0.15, 0.2) is 5.58 Å². The van der Waals surface area contributed by atoms with Crippen LogP contribution in [0.25, 0.3) is 11.1 Å². The first-order valence-electron chi connectivity index (χ1n) is 7.30. The van der Waals surface area contributed by atoms with E-state index in [4.69, 9.17) is 4.42 Å². The van der Waals surface area contributed by atoms with Crippen molar-refractivity contribution in [3.05, 3.63) is 34.8 Å². The highest BCUT2D eigenvalue weighted by Crippen LogP contribution is 2.24. The molecule has 2 N–H and O–H groups in total. The number of nitrogens with one attached hydrogen (secondary N) is 1. The molecular weight excluding hydrogens is 336 g/mol. The topological polar surface area (TPSA) is 84.5 Å². The molecule has 8 heteroatoms. The summed E-state index contributed by atoms with van der Waals surface area (Å²) in [6.07, 6.45) is 0. The van der Waals surface area contributed by atoms with Crippen LogP contribution in [-0.4, -0.2) is 50.7 Å². The Morgan fingerprint density at radius 2 is 2.00 bits per heavy atom. The molecule has 1 saturated heterocycles. The summed E-state index contributed by atoms with van der Waals surface area (Å²) < 4.78 is 6.40. The van der Waals surface area contributed by atoms with E-state index in [0.29, 0.717) is 22.6 Å². The summed E-state index contributed by atoms with van der Waals surface area (Å²) in [5, 5.41) is 13.2. The van der Waals surface area contributed by atoms with Crippen LogP contribution in [0.4, 0.5) is 0 Å². The van der Waals surface area contributed by atoms with Crippen molar-refractivity contribution in [3.8, 4) is 0 Å². The molecule has 0 aliphatic carbocycles. The van der Waals surface area contributed by atoms with Crippen molar-refractivity contribution in [2.45, 2.75) is 12.1 Å². The Morgan fingerprint density at radius 3 is 2.74 bits per heavy atom. The van der Waals surface area contributed by atoms with Crippen LogP contribution < -0.4 is 11.1 Å². The zero-order valence-electron chi connectivity index (χ0n) is 12.5. The van der Waals surface area contributed by atoms with E-state index in [1.54, 1.807) is 47.8 Å². The van der Waals surface area contributed by atoms with Crippen molar-refractivity contribution >= 4 is 40.5 Å². The highest BCUT2D eigenvalue weighted by Gasteiger charge is 2.29. The van der Waals surface area contributed by atoms with Gasteiger partial charge >= 0.3 is 5.76 Å². The average molecular weight is 354 g/mol. The Bertz CT molecular complexity index is 747. The molecule has 0 bridgehead atoms. The first-order chi connectivity index (χ1) is 11.1. The van der Waals surface area contributed by atoms with E-state index in [2.05, 4.69) is 5.32 Å². The number of carbonyl (C=O) groups excluding carboxylic acids is 1. The van der Waals surface area contributed by atoms with Gasteiger partial charge < -0.3 is 14.8 Å². The van der Waals surface area contributed by atoms with Crippen LogP contribution in [0.15, 0.2) is 33.5 Å². The lowest BCUT2D eigenvalue weighted by atomic mass is 10.1. The van der Waals surface area contributed by atoms with Gasteiger partial charge in [-0.3, -0.25) is 9.36 Å². The molecule has 1 fully saturated rings. The number of amides is 1. The van der Waals surface area contributed by atoms with Crippen LogP contribution in [0.3, 0.4) is 0 Å². The maximum absolute atomic E-state index is 12.1. The molecule has 1 aliphatic heterocycles. The van der Waals surface area contributed by atoms with Crippen LogP contribution in [-0.2, 0) is 11.3 Å². The Morgan fingerprint density at radius 1 is 1.30 bits per heavy atom. The summed E-state index contributed by atoms with van der Waals surface area (Å²) >= 11 is 3.38. The minimum absolute atomic E-state index is 0.119. The predicted octanol–water partition coefficient (Wildman–Crippen LogP) is 0.922. The summed E-state index contributed by atoms with van der Waals surface area (Å²) in [7, 11) is 0. The number of hydrogen-bond acceptors (Lipinski definition) is 6. The van der Waals surface area contributed by atoms with Crippen LogP contribution >= 0.6 is 23.5 Å². The standard InChI is InChI=1S/C15H18N2O4S2/c18-13(16-8-15(20)9-22-5-6-23-10-15)7-17-11-3-1-2-4-12(11)21-14(17)19/h1-4,20H,5-10H2,(H,16,18). The SMILES string of the molecule is O=C(Cn1c(=O)oc2ccccc21)NCC1(O)CSCCSC1. The fourth-order valence-electron chi connectivity index (χ4n) is 2.41. The molecule has 1 aliphatic rings. The van der Waals surface area contributed by atoms with Gasteiger partial charge in [-0.1, -0.05) is 12.1 Å². The number of hydrogen-bond donors (Lipinski definition) is 2. The summed E-state index contributed by atoms with van der Waals surface area (Å²) in [4.78, 5) is 24.0. The average Bonchev–Trinajstić information content (AvgIpc) is 2.71. The molecule has 0 spiro atoms. The number of aromatic nitrogens is 1. The first kappa shape index (κ1) is 16.5. The lowest BCUT2D eigenvalue weighted by Gasteiger charge is -2.25. The monoisotopic (exact) mass is 354 g/mol. The van der Waals surface area contributed by atoms with Crippen molar-refractivity contribution in [2.75, 3.05) is 29.6 Å². The fourth-order valence-corrected chi connectivity index (χ4v) is 4.94. The predicted molar refractivity (Wildman–Crippen MR) is 93.1 cm³/mol. The van der Waals surface area contributed by atoms with Crippen molar-refractivity contribution in [2.24, 2.45) is 0 Å². The second-order valence-electron chi connectivity index (χ2n) is 5.53. The molecule has 0 saturated carbocycles. The number of benzene rings is 1. The fraction of sp³-hybridized carbons (Fsp3) is 0.467. The number of nitrogens with zero attached hydrogens (tertiary/aromatic N) is 1. The number of carbonyl (C=O) groups is 1. The van der Waals surface area contributed by atoms with E-state index in [9.17, 15) is 14.7 Å². The number of thioether (sulfide) groups is 2. The molecule has 2 heterocycles. The Balaban J connectivity index is 1.65. The van der Waals surface area contributed by atoms with Crippen molar-refractivity contribution in [1.82, 2.24) is 9.88 Å². The van der Waals surface area contributed by atoms with Crippen LogP contribution in [0.2, 0.25) is 0 Å². The molecule has 1 amide bonds. The van der Waals surface area contributed by atoms with Crippen molar-refractivity contribution in [1.29, 1.82) is 0 Å². The van der Waals surface area contributed by atoms with Crippen LogP contribution in [0, 0.1) is 0 Å². The summed E-state index contributed by atoms with van der Waals surface area (Å²) in [6, 6.07) is 6.98. The van der Waals surface area contributed by atoms with E-state index in [0.717, 1.165) is 11.5 Å². The Hall–Kier alpha value is -1.38. The van der Waals surface area contributed by atoms with Gasteiger partial charge in [0.25, 0.3) is 0 Å². The molecule has 6 nitrogen and oxygen atoms in total. The van der Waals surface area contributed by atoms with Crippen LogP contribution in [0.1, 0.15) is 0 Å². The Kier molecular flexibility index (Phi) is 5.03. The molecule has 1 aromatic heterocycles. The van der Waals surface area contributed by atoms with Gasteiger partial charge in [0.1, 0.15) is 6.54 Å². The van der Waals surface area contributed by atoms with Gasteiger partial charge in [0.2, 0.25) is 5.91 Å². The quantitative estimate of drug-likeness (QED) is 0.849. The second kappa shape index (κ2) is 7.02. The molecule has 124 valence electrons. The third kappa shape index (κ3) is 3.94. The summed E-state index contributed by atoms with van der Waals surface area (Å²) in [5.41, 5.74) is 0.151. The first-order valence-corrected chi connectivity index (χ1v) is 9.61. The molecule has 0 radical (unpaired) electrons. The number of oxazole rings is 1. The van der Waals surface area contributed by atoms with E-state index < -0.39 is 11.4 Å². The molecule has 3 rings (SSSR count). The van der Waals surface area contributed by atoms with Crippen molar-refractivity contribution < 1.29 is 14.3 Å². The summed E-state index contributed by atoms with van der Waals surface area (Å²) in [5.74, 6) is 2.37. The van der Waals surface area contributed by atoms with Gasteiger partial charge in [0, 0.05) is 29.6 Å². The number of aliphatic hydroxyl groups is 1. The van der Waals surface area contributed by atoms with Gasteiger partial charge in [-0.25, -0.2) is 4.79 Å². The largest absolute Gasteiger partial charge is 0.420 e. The lowest BCUT2D eigenvalue weighted by molar-refractivity contribution is -0.122. The van der Waals surface area contributed by atoms with Crippen LogP contribution in [0.5, 0.6) is 0 Å². The molecule has 23 heavy (non-hydrogen) atoms. The molecule has 2 aromatic rings. The number of rotatable bonds is 4. The normalized spacial score (nSPS) is 17.8. The van der Waals surface area contributed by atoms with E-state index in [-0.39, 0.29) is 19.0 Å². The number of fused-ring (bicyclic) bond motifs is 1. The third-order valence-corrected chi connectivity index (χ3v) is 6.33. The third-order valence-electron chi connectivity index (χ3n) is 3.60. The molecule has 0 atom stereocenters. The highest BCUT2D eigenvalue weighted by atomic mass is 32.2. The molecule has 1 aromatic carbocycles. The van der Waals surface area contributed by atoms with Gasteiger partial charge in [0.05, 0.1) is 11.1 Å². The minimum atomic E-state index is -0.898. The zero-order valence-corrected chi connectivity index (χ0v) is 14.1. The van der Waals surface area contributed by atoms with E-state index >= 15 is 0 Å². The minimum Gasteiger partial charge on any atom is -0.408 e. The van der Waals surface area contributed by atoms with Gasteiger partial charge in [-0.05, 0) is 12.1 Å². The lowest BCUT2D eigenvalue weighted by Crippen LogP contribution is -2.47. The second-order valence-corrected chi connectivity index (χ2v) is 7.74. The van der Waals surface area contributed by atoms with Gasteiger partial charge in [-0.15, -0.1) is 0 Å². The molecular formula is C15H18N2O4S2. The maximum Gasteiger partial charge on any atom is 0.420 e. The Labute approximate surface area is 141 Å². The van der Waals surface area contributed by atoms with Gasteiger partial charge in [-0.2, -0.15) is 23.5 Å². The highest BCUT2D eigenvalue weighted by molar-refractivity contribution is 8.03. The number of para-hydroxylation sites is 2. The molecule has 0 unspecified atom stereocenters. The summed E-state index contributed by atoms with van der Waals surface area (Å²) in [6.45, 7) is 0.0720.